The van der Waals surface area contributed by atoms with E-state index in [-0.39, 0.29) is 11.9 Å². The molecule has 0 spiro atoms. The Kier molecular flexibility index (Phi) is 4.87. The number of nitriles is 1. The highest BCUT2D eigenvalue weighted by atomic mass is 16.1. The van der Waals surface area contributed by atoms with Gasteiger partial charge >= 0.3 is 0 Å². The summed E-state index contributed by atoms with van der Waals surface area (Å²) in [6.07, 6.45) is 0.863. The van der Waals surface area contributed by atoms with Gasteiger partial charge in [0.1, 0.15) is 5.82 Å². The number of hydrogen-bond donors (Lipinski definition) is 3. The first kappa shape index (κ1) is 18.5. The van der Waals surface area contributed by atoms with E-state index in [9.17, 15) is 4.79 Å². The van der Waals surface area contributed by atoms with E-state index in [1.165, 1.54) is 6.92 Å². The van der Waals surface area contributed by atoms with Crippen molar-refractivity contribution in [3.8, 4) is 6.07 Å². The Morgan fingerprint density at radius 1 is 1.28 bits per heavy atom. The molecule has 2 heterocycles. The van der Waals surface area contributed by atoms with Crippen LogP contribution in [0.5, 0.6) is 0 Å². The number of nitrogen functional groups attached to an aromatic ring is 1. The van der Waals surface area contributed by atoms with E-state index >= 15 is 0 Å². The lowest BCUT2D eigenvalue weighted by atomic mass is 10.2. The number of amides is 1. The summed E-state index contributed by atoms with van der Waals surface area (Å²) in [6, 6.07) is 15.1. The number of carbonyl (C=O) groups is 1. The predicted octanol–water partition coefficient (Wildman–Crippen LogP) is 2.54. The van der Waals surface area contributed by atoms with Crippen molar-refractivity contribution in [1.82, 2.24) is 15.3 Å². The summed E-state index contributed by atoms with van der Waals surface area (Å²) < 4.78 is 0. The molecule has 1 atom stereocenters. The molecule has 1 aliphatic heterocycles. The second kappa shape index (κ2) is 7.64. The Labute approximate surface area is 168 Å². The third kappa shape index (κ3) is 4.04. The van der Waals surface area contributed by atoms with Crippen LogP contribution in [-0.4, -0.2) is 35.0 Å². The Balaban J connectivity index is 1.69. The fourth-order valence-electron chi connectivity index (χ4n) is 3.63. The summed E-state index contributed by atoms with van der Waals surface area (Å²) in [5.41, 5.74) is 8.31. The number of nitrogens with zero attached hydrogens (tertiary/aromatic N) is 4. The van der Waals surface area contributed by atoms with Gasteiger partial charge in [0, 0.05) is 42.8 Å². The van der Waals surface area contributed by atoms with Crippen molar-refractivity contribution in [2.75, 3.05) is 29.0 Å². The lowest BCUT2D eigenvalue weighted by molar-refractivity contribution is -0.119. The third-order valence-corrected chi connectivity index (χ3v) is 4.82. The quantitative estimate of drug-likeness (QED) is 0.588. The monoisotopic (exact) mass is 387 g/mol. The van der Waals surface area contributed by atoms with Crippen molar-refractivity contribution in [3.05, 3.63) is 48.0 Å². The smallest absolute Gasteiger partial charge is 0.229 e. The van der Waals surface area contributed by atoms with Crippen LogP contribution >= 0.6 is 0 Å². The van der Waals surface area contributed by atoms with E-state index in [1.54, 1.807) is 18.2 Å². The van der Waals surface area contributed by atoms with E-state index in [0.29, 0.717) is 29.4 Å². The Morgan fingerprint density at radius 3 is 2.90 bits per heavy atom. The van der Waals surface area contributed by atoms with Crippen LogP contribution in [0.15, 0.2) is 42.5 Å². The summed E-state index contributed by atoms with van der Waals surface area (Å²) in [7, 11) is 0. The molecule has 146 valence electrons. The van der Waals surface area contributed by atoms with Crippen molar-refractivity contribution >= 4 is 40.0 Å². The maximum atomic E-state index is 11.4. The fourth-order valence-corrected chi connectivity index (χ4v) is 3.63. The van der Waals surface area contributed by atoms with Gasteiger partial charge in [-0.3, -0.25) is 4.79 Å². The zero-order valence-corrected chi connectivity index (χ0v) is 16.0. The van der Waals surface area contributed by atoms with Crippen LogP contribution < -0.4 is 21.3 Å². The fraction of sp³-hybridized carbons (Fsp3) is 0.238. The second-order valence-corrected chi connectivity index (χ2v) is 7.10. The summed E-state index contributed by atoms with van der Waals surface area (Å²) in [4.78, 5) is 22.9. The summed E-state index contributed by atoms with van der Waals surface area (Å²) in [5, 5.41) is 16.3. The van der Waals surface area contributed by atoms with Crippen molar-refractivity contribution in [2.45, 2.75) is 19.4 Å². The molecule has 1 saturated heterocycles. The molecule has 8 nitrogen and oxygen atoms in total. The normalized spacial score (nSPS) is 15.9. The first-order chi connectivity index (χ1) is 14.0. The molecule has 0 aliphatic carbocycles. The summed E-state index contributed by atoms with van der Waals surface area (Å²) >= 11 is 0. The number of nitrogens with two attached hydrogens (primary N) is 1. The van der Waals surface area contributed by atoms with Gasteiger partial charge in [0.05, 0.1) is 17.1 Å². The van der Waals surface area contributed by atoms with Gasteiger partial charge < -0.3 is 21.3 Å². The third-order valence-electron chi connectivity index (χ3n) is 4.82. The lowest BCUT2D eigenvalue weighted by Gasteiger charge is -2.20. The van der Waals surface area contributed by atoms with Gasteiger partial charge in [-0.1, -0.05) is 12.1 Å². The number of fused-ring (bicyclic) bond motifs is 1. The van der Waals surface area contributed by atoms with Crippen LogP contribution in [0.3, 0.4) is 0 Å². The van der Waals surface area contributed by atoms with Gasteiger partial charge in [-0.25, -0.2) is 4.98 Å². The lowest BCUT2D eigenvalue weighted by Crippen LogP contribution is -2.35. The van der Waals surface area contributed by atoms with E-state index in [1.807, 2.05) is 24.3 Å². The molecule has 1 fully saturated rings. The van der Waals surface area contributed by atoms with Crippen LogP contribution in [0.4, 0.5) is 23.1 Å². The van der Waals surface area contributed by atoms with E-state index < -0.39 is 0 Å². The van der Waals surface area contributed by atoms with Crippen LogP contribution in [0, 0.1) is 11.3 Å². The standard InChI is InChI=1S/C21H21N7O/c1-13(29)24-16-6-7-28(12-16)20-18-4-2-3-5-19(18)26-21(27-20)25-17-9-14(11-22)8-15(23)10-17/h2-5,8-10,16H,6-7,12,23H2,1H3,(H,24,29)(H,25,26,27). The first-order valence-corrected chi connectivity index (χ1v) is 9.38. The molecule has 1 aromatic heterocycles. The molecule has 8 heteroatoms. The SMILES string of the molecule is CC(=O)NC1CCN(c2nc(Nc3cc(N)cc(C#N)c3)nc3ccccc23)C1. The molecule has 1 amide bonds. The molecule has 0 radical (unpaired) electrons. The molecule has 1 aliphatic rings. The maximum Gasteiger partial charge on any atom is 0.229 e. The average molecular weight is 387 g/mol. The molecule has 4 rings (SSSR count). The van der Waals surface area contributed by atoms with E-state index in [4.69, 9.17) is 16.0 Å². The molecule has 1 unspecified atom stereocenters. The topological polar surface area (TPSA) is 120 Å². The molecule has 29 heavy (non-hydrogen) atoms. The van der Waals surface area contributed by atoms with Crippen LogP contribution in [0.1, 0.15) is 18.9 Å². The molecule has 3 aromatic rings. The number of rotatable bonds is 4. The van der Waals surface area contributed by atoms with Gasteiger partial charge in [-0.05, 0) is 36.8 Å². The number of anilines is 4. The van der Waals surface area contributed by atoms with Crippen molar-refractivity contribution in [2.24, 2.45) is 0 Å². The van der Waals surface area contributed by atoms with Gasteiger partial charge in [-0.2, -0.15) is 10.2 Å². The van der Waals surface area contributed by atoms with Crippen molar-refractivity contribution < 1.29 is 4.79 Å². The summed E-state index contributed by atoms with van der Waals surface area (Å²) in [6.45, 7) is 3.02. The molecule has 2 aromatic carbocycles. The Bertz CT molecular complexity index is 1120. The average Bonchev–Trinajstić information content (AvgIpc) is 3.14. The highest BCUT2D eigenvalue weighted by Gasteiger charge is 2.26. The minimum atomic E-state index is -0.0262. The second-order valence-electron chi connectivity index (χ2n) is 7.10. The minimum absolute atomic E-state index is 0.0262. The Morgan fingerprint density at radius 2 is 2.10 bits per heavy atom. The number of carbonyl (C=O) groups excluding carboxylic acids is 1. The van der Waals surface area contributed by atoms with Gasteiger partial charge in [0.25, 0.3) is 0 Å². The highest BCUT2D eigenvalue weighted by Crippen LogP contribution is 2.29. The van der Waals surface area contributed by atoms with Gasteiger partial charge in [0.2, 0.25) is 11.9 Å². The molecule has 4 N–H and O–H groups in total. The van der Waals surface area contributed by atoms with Gasteiger partial charge in [0.15, 0.2) is 0 Å². The molecule has 0 bridgehead atoms. The molecular weight excluding hydrogens is 366 g/mol. The first-order valence-electron chi connectivity index (χ1n) is 9.38. The van der Waals surface area contributed by atoms with Crippen LogP contribution in [0.2, 0.25) is 0 Å². The largest absolute Gasteiger partial charge is 0.399 e. The van der Waals surface area contributed by atoms with Crippen molar-refractivity contribution in [3.63, 3.8) is 0 Å². The minimum Gasteiger partial charge on any atom is -0.399 e. The van der Waals surface area contributed by atoms with Crippen LogP contribution in [0.25, 0.3) is 10.9 Å². The zero-order chi connectivity index (χ0) is 20.4. The van der Waals surface area contributed by atoms with E-state index in [2.05, 4.69) is 26.6 Å². The van der Waals surface area contributed by atoms with E-state index in [0.717, 1.165) is 29.7 Å². The highest BCUT2D eigenvalue weighted by molar-refractivity contribution is 5.91. The number of hydrogen-bond acceptors (Lipinski definition) is 7. The molecular formula is C21H21N7O. The van der Waals surface area contributed by atoms with Gasteiger partial charge in [-0.15, -0.1) is 0 Å². The maximum absolute atomic E-state index is 11.4. The number of aromatic nitrogens is 2. The zero-order valence-electron chi connectivity index (χ0n) is 16.0. The predicted molar refractivity (Wildman–Crippen MR) is 113 cm³/mol. The molecule has 0 saturated carbocycles. The number of benzene rings is 2. The number of para-hydroxylation sites is 1. The van der Waals surface area contributed by atoms with Crippen LogP contribution in [-0.2, 0) is 4.79 Å². The number of nitrogens with one attached hydrogen (secondary N) is 2. The van der Waals surface area contributed by atoms with Crippen molar-refractivity contribution in [1.29, 1.82) is 5.26 Å². The summed E-state index contributed by atoms with van der Waals surface area (Å²) in [5.74, 6) is 1.22. The Hall–Kier alpha value is -3.86.